The Balaban J connectivity index is 1.76. The summed E-state index contributed by atoms with van der Waals surface area (Å²) in [5, 5.41) is 0.466. The van der Waals surface area contributed by atoms with E-state index < -0.39 is 0 Å². The molecule has 0 aliphatic carbocycles. The summed E-state index contributed by atoms with van der Waals surface area (Å²) in [7, 11) is 0. The molecule has 0 spiro atoms. The number of esters is 1. The van der Waals surface area contributed by atoms with Crippen LogP contribution in [0.2, 0.25) is 0 Å². The van der Waals surface area contributed by atoms with Crippen LogP contribution in [-0.2, 0) is 9.53 Å². The Morgan fingerprint density at radius 3 is 2.80 bits per heavy atom. The number of hydrogen-bond donors (Lipinski definition) is 0. The van der Waals surface area contributed by atoms with Gasteiger partial charge in [0.1, 0.15) is 0 Å². The van der Waals surface area contributed by atoms with Gasteiger partial charge in [0.15, 0.2) is 0 Å². The zero-order chi connectivity index (χ0) is 14.4. The van der Waals surface area contributed by atoms with Crippen molar-refractivity contribution in [1.29, 1.82) is 0 Å². The summed E-state index contributed by atoms with van der Waals surface area (Å²) < 4.78 is 5.04. The summed E-state index contributed by atoms with van der Waals surface area (Å²) in [4.78, 5) is 23.6. The van der Waals surface area contributed by atoms with Gasteiger partial charge in [0.05, 0.1) is 12.5 Å². The van der Waals surface area contributed by atoms with E-state index in [0.29, 0.717) is 11.9 Å². The molecule has 1 heterocycles. The van der Waals surface area contributed by atoms with E-state index in [0.717, 1.165) is 23.5 Å². The van der Waals surface area contributed by atoms with E-state index in [9.17, 15) is 9.59 Å². The lowest BCUT2D eigenvalue weighted by Gasteiger charge is -2.09. The topological polar surface area (TPSA) is 43.4 Å². The Hall–Kier alpha value is -0.940. The van der Waals surface area contributed by atoms with E-state index in [4.69, 9.17) is 4.74 Å². The first-order valence-corrected chi connectivity index (χ1v) is 8.74. The number of carbonyl (C=O) groups excluding carboxylic acids is 2. The zero-order valence-electron chi connectivity index (χ0n) is 11.4. The highest BCUT2D eigenvalue weighted by Crippen LogP contribution is 2.34. The van der Waals surface area contributed by atoms with Gasteiger partial charge in [-0.2, -0.15) is 11.8 Å². The summed E-state index contributed by atoms with van der Waals surface area (Å²) in [6.07, 6.45) is 0.818. The van der Waals surface area contributed by atoms with Crippen LogP contribution in [0.25, 0.3) is 0 Å². The van der Waals surface area contributed by atoms with Crippen molar-refractivity contribution >= 4 is 34.6 Å². The molecule has 0 unspecified atom stereocenters. The van der Waals surface area contributed by atoms with E-state index in [1.54, 1.807) is 11.8 Å². The maximum Gasteiger partial charge on any atom is 0.309 e. The fourth-order valence-corrected chi connectivity index (χ4v) is 4.58. The van der Waals surface area contributed by atoms with Crippen molar-refractivity contribution in [2.45, 2.75) is 18.6 Å². The van der Waals surface area contributed by atoms with Gasteiger partial charge in [0, 0.05) is 22.3 Å². The van der Waals surface area contributed by atoms with Gasteiger partial charge < -0.3 is 4.74 Å². The van der Waals surface area contributed by atoms with Gasteiger partial charge in [-0.1, -0.05) is 42.1 Å². The van der Waals surface area contributed by atoms with E-state index in [1.165, 1.54) is 11.8 Å². The van der Waals surface area contributed by atoms with Crippen LogP contribution in [0.5, 0.6) is 0 Å². The van der Waals surface area contributed by atoms with Crippen molar-refractivity contribution < 1.29 is 14.3 Å². The molecule has 0 saturated carbocycles. The molecule has 0 aromatic heterocycles. The van der Waals surface area contributed by atoms with Gasteiger partial charge in [-0.05, 0) is 13.3 Å². The third-order valence-electron chi connectivity index (χ3n) is 3.11. The molecule has 1 aliphatic heterocycles. The molecule has 1 aromatic carbocycles. The summed E-state index contributed by atoms with van der Waals surface area (Å²) in [5.74, 6) is 1.47. The number of benzene rings is 1. The van der Waals surface area contributed by atoms with Crippen LogP contribution in [-0.4, -0.2) is 34.4 Å². The second-order valence-electron chi connectivity index (χ2n) is 4.60. The maximum absolute atomic E-state index is 12.0. The number of carbonyl (C=O) groups is 2. The molecule has 2 rings (SSSR count). The minimum Gasteiger partial charge on any atom is -0.466 e. The van der Waals surface area contributed by atoms with Crippen molar-refractivity contribution in [2.24, 2.45) is 5.92 Å². The minimum atomic E-state index is -0.0955. The molecule has 0 bridgehead atoms. The van der Waals surface area contributed by atoms with Crippen LogP contribution >= 0.6 is 23.5 Å². The zero-order valence-corrected chi connectivity index (χ0v) is 13.0. The highest BCUT2D eigenvalue weighted by molar-refractivity contribution is 8.15. The monoisotopic (exact) mass is 310 g/mol. The van der Waals surface area contributed by atoms with E-state index in [-0.39, 0.29) is 17.0 Å². The van der Waals surface area contributed by atoms with Gasteiger partial charge in [-0.3, -0.25) is 9.59 Å². The quantitative estimate of drug-likeness (QED) is 0.781. The van der Waals surface area contributed by atoms with E-state index in [2.05, 4.69) is 0 Å². The average molecular weight is 310 g/mol. The van der Waals surface area contributed by atoms with Crippen LogP contribution in [0.1, 0.15) is 23.7 Å². The highest BCUT2D eigenvalue weighted by Gasteiger charge is 2.31. The van der Waals surface area contributed by atoms with Crippen LogP contribution in [0.4, 0.5) is 0 Å². The third kappa shape index (κ3) is 4.28. The van der Waals surface area contributed by atoms with Gasteiger partial charge >= 0.3 is 5.97 Å². The molecule has 20 heavy (non-hydrogen) atoms. The smallest absolute Gasteiger partial charge is 0.309 e. The normalized spacial score (nSPS) is 21.6. The lowest BCUT2D eigenvalue weighted by atomic mass is 10.1. The largest absolute Gasteiger partial charge is 0.466 e. The van der Waals surface area contributed by atoms with Crippen molar-refractivity contribution in [3.63, 3.8) is 0 Å². The highest BCUT2D eigenvalue weighted by atomic mass is 32.2. The molecule has 1 aromatic rings. The molecular formula is C15H18O3S2. The molecule has 1 saturated heterocycles. The second-order valence-corrected chi connectivity index (χ2v) is 6.93. The van der Waals surface area contributed by atoms with Crippen molar-refractivity contribution in [2.75, 3.05) is 18.1 Å². The fraction of sp³-hybridized carbons (Fsp3) is 0.467. The Kier molecular flexibility index (Phi) is 5.98. The molecule has 1 aliphatic rings. The first-order chi connectivity index (χ1) is 9.70. The van der Waals surface area contributed by atoms with Crippen LogP contribution < -0.4 is 0 Å². The predicted octanol–water partition coefficient (Wildman–Crippen LogP) is 3.24. The molecule has 2 atom stereocenters. The number of hydrogen-bond acceptors (Lipinski definition) is 5. The Morgan fingerprint density at radius 1 is 1.35 bits per heavy atom. The van der Waals surface area contributed by atoms with E-state index >= 15 is 0 Å². The Bertz CT molecular complexity index is 461. The minimum absolute atomic E-state index is 0.00243. The van der Waals surface area contributed by atoms with Crippen LogP contribution in [0.15, 0.2) is 30.3 Å². The van der Waals surface area contributed by atoms with Crippen molar-refractivity contribution in [3.05, 3.63) is 35.9 Å². The maximum atomic E-state index is 12.0. The second kappa shape index (κ2) is 7.74. The summed E-state index contributed by atoms with van der Waals surface area (Å²) in [6, 6.07) is 9.30. The van der Waals surface area contributed by atoms with Gasteiger partial charge in [0.2, 0.25) is 5.12 Å². The first-order valence-electron chi connectivity index (χ1n) is 6.71. The number of thioether (sulfide) groups is 2. The van der Waals surface area contributed by atoms with Crippen molar-refractivity contribution in [1.82, 2.24) is 0 Å². The average Bonchev–Trinajstić information content (AvgIpc) is 2.95. The first kappa shape index (κ1) is 15.4. The molecule has 3 nitrogen and oxygen atoms in total. The third-order valence-corrected chi connectivity index (χ3v) is 5.81. The SMILES string of the molecule is CCOC(=O)[C@@H]1CS[C@@H](CSC(=O)c2ccccc2)C1. The van der Waals surface area contributed by atoms with Crippen molar-refractivity contribution in [3.8, 4) is 0 Å². The summed E-state index contributed by atoms with van der Waals surface area (Å²) in [6.45, 7) is 2.26. The lowest BCUT2D eigenvalue weighted by Crippen LogP contribution is -2.18. The fourth-order valence-electron chi connectivity index (χ4n) is 2.07. The van der Waals surface area contributed by atoms with Gasteiger partial charge in [-0.15, -0.1) is 0 Å². The molecule has 108 valence electrons. The van der Waals surface area contributed by atoms with Gasteiger partial charge in [-0.25, -0.2) is 0 Å². The lowest BCUT2D eigenvalue weighted by molar-refractivity contribution is -0.147. The molecular weight excluding hydrogens is 292 g/mol. The molecule has 1 fully saturated rings. The number of rotatable bonds is 5. The van der Waals surface area contributed by atoms with Crippen LogP contribution in [0, 0.1) is 5.92 Å². The summed E-state index contributed by atoms with van der Waals surface area (Å²) in [5.41, 5.74) is 0.738. The van der Waals surface area contributed by atoms with Gasteiger partial charge in [0.25, 0.3) is 0 Å². The van der Waals surface area contributed by atoms with Crippen LogP contribution in [0.3, 0.4) is 0 Å². The molecule has 0 radical (unpaired) electrons. The Morgan fingerprint density at radius 2 is 2.10 bits per heavy atom. The molecule has 0 amide bonds. The molecule has 5 heteroatoms. The Labute approximate surface area is 127 Å². The predicted molar refractivity (Wildman–Crippen MR) is 84.2 cm³/mol. The molecule has 0 N–H and O–H groups in total. The standard InChI is InChI=1S/C15H18O3S2/c1-2-18-14(16)12-8-13(19-9-12)10-20-15(17)11-6-4-3-5-7-11/h3-7,12-13H,2,8-10H2,1H3/t12-,13+/m0/s1. The van der Waals surface area contributed by atoms with E-state index in [1.807, 2.05) is 37.3 Å². The summed E-state index contributed by atoms with van der Waals surface area (Å²) >= 11 is 3.11. The number of ether oxygens (including phenoxy) is 1.